The van der Waals surface area contributed by atoms with E-state index in [1.807, 2.05) is 0 Å². The van der Waals surface area contributed by atoms with E-state index in [9.17, 15) is 17.6 Å². The Hall–Kier alpha value is -2.55. The van der Waals surface area contributed by atoms with Crippen LogP contribution in [0.3, 0.4) is 0 Å². The number of carbonyl (C=O) groups excluding carboxylic acids is 1. The summed E-state index contributed by atoms with van der Waals surface area (Å²) in [7, 11) is -3.95. The number of rotatable bonds is 4. The number of anilines is 1. The van der Waals surface area contributed by atoms with Crippen molar-refractivity contribution in [3.63, 3.8) is 0 Å². The van der Waals surface area contributed by atoms with Crippen LogP contribution in [0.1, 0.15) is 12.8 Å². The van der Waals surface area contributed by atoms with Gasteiger partial charge < -0.3 is 5.32 Å². The smallest absolute Gasteiger partial charge is 0.245 e. The lowest BCUT2D eigenvalue weighted by Gasteiger charge is -2.24. The SMILES string of the molecule is O=C(Nc1ccc(F)cc1Cl)C1CCCN1S(=O)(=O)c1cccc2cccnc12. The molecule has 6 nitrogen and oxygen atoms in total. The molecule has 2 aromatic carbocycles. The topological polar surface area (TPSA) is 79.4 Å². The van der Waals surface area contributed by atoms with Gasteiger partial charge in [-0.2, -0.15) is 4.31 Å². The Kier molecular flexibility index (Phi) is 5.24. The summed E-state index contributed by atoms with van der Waals surface area (Å²) in [5.74, 6) is -1.03. The minimum Gasteiger partial charge on any atom is -0.323 e. The Labute approximate surface area is 172 Å². The first-order valence-corrected chi connectivity index (χ1v) is 10.8. The van der Waals surface area contributed by atoms with Crippen molar-refractivity contribution in [1.82, 2.24) is 9.29 Å². The number of hydrogen-bond donors (Lipinski definition) is 1. The average Bonchev–Trinajstić information content (AvgIpc) is 3.20. The van der Waals surface area contributed by atoms with Crippen molar-refractivity contribution in [3.05, 3.63) is 65.6 Å². The Bertz CT molecular complexity index is 1200. The van der Waals surface area contributed by atoms with Gasteiger partial charge in [-0.3, -0.25) is 9.78 Å². The van der Waals surface area contributed by atoms with E-state index in [1.54, 1.807) is 24.3 Å². The molecule has 0 bridgehead atoms. The summed E-state index contributed by atoms with van der Waals surface area (Å²) in [5, 5.41) is 3.36. The predicted molar refractivity (Wildman–Crippen MR) is 109 cm³/mol. The zero-order valence-electron chi connectivity index (χ0n) is 15.2. The quantitative estimate of drug-likeness (QED) is 0.678. The molecule has 2 heterocycles. The number of carbonyl (C=O) groups is 1. The van der Waals surface area contributed by atoms with Crippen LogP contribution >= 0.6 is 11.6 Å². The van der Waals surface area contributed by atoms with Gasteiger partial charge in [0.15, 0.2) is 0 Å². The molecule has 1 aliphatic heterocycles. The Balaban J connectivity index is 1.66. The van der Waals surface area contributed by atoms with Crippen LogP contribution in [0.25, 0.3) is 10.9 Å². The highest BCUT2D eigenvalue weighted by Crippen LogP contribution is 2.31. The van der Waals surface area contributed by atoms with Gasteiger partial charge in [-0.15, -0.1) is 0 Å². The zero-order valence-corrected chi connectivity index (χ0v) is 16.8. The molecule has 1 N–H and O–H groups in total. The Morgan fingerprint density at radius 3 is 2.79 bits per heavy atom. The first kappa shape index (κ1) is 19.8. The second kappa shape index (κ2) is 7.70. The van der Waals surface area contributed by atoms with Gasteiger partial charge in [0.05, 0.1) is 16.2 Å². The second-order valence-corrected chi connectivity index (χ2v) is 8.98. The number of nitrogens with zero attached hydrogens (tertiary/aromatic N) is 2. The van der Waals surface area contributed by atoms with Crippen LogP contribution in [0, 0.1) is 5.82 Å². The number of para-hydroxylation sites is 1. The van der Waals surface area contributed by atoms with E-state index in [2.05, 4.69) is 10.3 Å². The Morgan fingerprint density at radius 1 is 1.21 bits per heavy atom. The number of benzene rings is 2. The van der Waals surface area contributed by atoms with E-state index in [4.69, 9.17) is 11.6 Å². The number of pyridine rings is 1. The third-order valence-electron chi connectivity index (χ3n) is 4.88. The van der Waals surface area contributed by atoms with E-state index in [0.717, 1.165) is 6.07 Å². The minimum atomic E-state index is -3.95. The van der Waals surface area contributed by atoms with Crippen molar-refractivity contribution in [3.8, 4) is 0 Å². The molecule has 1 atom stereocenters. The summed E-state index contributed by atoms with van der Waals surface area (Å²) in [6, 6.07) is 11.2. The monoisotopic (exact) mass is 433 g/mol. The lowest BCUT2D eigenvalue weighted by molar-refractivity contribution is -0.119. The zero-order chi connectivity index (χ0) is 20.6. The van der Waals surface area contributed by atoms with Crippen LogP contribution < -0.4 is 5.32 Å². The van der Waals surface area contributed by atoms with Crippen molar-refractivity contribution in [2.75, 3.05) is 11.9 Å². The largest absolute Gasteiger partial charge is 0.323 e. The molecule has 1 aromatic heterocycles. The van der Waals surface area contributed by atoms with Crippen LogP contribution in [0.5, 0.6) is 0 Å². The Morgan fingerprint density at radius 2 is 2.00 bits per heavy atom. The van der Waals surface area contributed by atoms with Crippen LogP contribution in [0.4, 0.5) is 10.1 Å². The lowest BCUT2D eigenvalue weighted by Crippen LogP contribution is -2.43. The van der Waals surface area contributed by atoms with Crippen molar-refractivity contribution < 1.29 is 17.6 Å². The summed E-state index contributed by atoms with van der Waals surface area (Å²) < 4.78 is 41.1. The highest BCUT2D eigenvalue weighted by Gasteiger charge is 2.40. The molecule has 0 radical (unpaired) electrons. The number of hydrogen-bond acceptors (Lipinski definition) is 4. The first-order chi connectivity index (χ1) is 13.9. The molecule has 0 spiro atoms. The fraction of sp³-hybridized carbons (Fsp3) is 0.200. The van der Waals surface area contributed by atoms with Crippen LogP contribution in [-0.2, 0) is 14.8 Å². The maximum atomic E-state index is 13.4. The first-order valence-electron chi connectivity index (χ1n) is 8.99. The van der Waals surface area contributed by atoms with E-state index in [0.29, 0.717) is 23.7 Å². The molecule has 9 heteroatoms. The molecule has 29 heavy (non-hydrogen) atoms. The molecule has 1 aliphatic rings. The number of amides is 1. The van der Waals surface area contributed by atoms with Gasteiger partial charge in [-0.1, -0.05) is 29.8 Å². The standard InChI is InChI=1S/C20H17ClFN3O3S/c21-15-12-14(22)8-9-16(15)24-20(26)17-6-3-11-25(17)29(27,28)18-7-1-4-13-5-2-10-23-19(13)18/h1-2,4-5,7-10,12,17H,3,6,11H2,(H,24,26). The molecule has 150 valence electrons. The molecular weight excluding hydrogens is 417 g/mol. The van der Waals surface area contributed by atoms with E-state index < -0.39 is 27.8 Å². The molecule has 4 rings (SSSR count). The van der Waals surface area contributed by atoms with E-state index in [1.165, 1.54) is 28.7 Å². The summed E-state index contributed by atoms with van der Waals surface area (Å²) in [5.41, 5.74) is 0.594. The molecule has 3 aromatic rings. The van der Waals surface area contributed by atoms with Gasteiger partial charge in [0.25, 0.3) is 0 Å². The average molecular weight is 434 g/mol. The normalized spacial score (nSPS) is 17.5. The third-order valence-corrected chi connectivity index (χ3v) is 7.13. The molecule has 0 saturated carbocycles. The molecule has 1 fully saturated rings. The van der Waals surface area contributed by atoms with Crippen LogP contribution in [-0.4, -0.2) is 36.2 Å². The molecule has 0 aliphatic carbocycles. The van der Waals surface area contributed by atoms with Crippen molar-refractivity contribution in [2.24, 2.45) is 0 Å². The number of halogens is 2. The van der Waals surface area contributed by atoms with E-state index >= 15 is 0 Å². The molecule has 1 saturated heterocycles. The number of fused-ring (bicyclic) bond motifs is 1. The maximum absolute atomic E-state index is 13.4. The fourth-order valence-electron chi connectivity index (χ4n) is 3.51. The number of aromatic nitrogens is 1. The molecule has 1 amide bonds. The van der Waals surface area contributed by atoms with Gasteiger partial charge in [0.1, 0.15) is 16.8 Å². The van der Waals surface area contributed by atoms with Gasteiger partial charge in [0.2, 0.25) is 15.9 Å². The van der Waals surface area contributed by atoms with Gasteiger partial charge in [0, 0.05) is 18.1 Å². The highest BCUT2D eigenvalue weighted by molar-refractivity contribution is 7.89. The summed E-state index contributed by atoms with van der Waals surface area (Å²) in [4.78, 5) is 17.1. The predicted octanol–water partition coefficient (Wildman–Crippen LogP) is 3.82. The van der Waals surface area contributed by atoms with Crippen LogP contribution in [0.15, 0.2) is 59.6 Å². The molecular formula is C20H17ClFN3O3S. The van der Waals surface area contributed by atoms with Gasteiger partial charge in [-0.25, -0.2) is 12.8 Å². The minimum absolute atomic E-state index is 0.0454. The summed E-state index contributed by atoms with van der Waals surface area (Å²) in [6.07, 6.45) is 2.46. The van der Waals surface area contributed by atoms with Crippen molar-refractivity contribution in [1.29, 1.82) is 0 Å². The highest BCUT2D eigenvalue weighted by atomic mass is 35.5. The van der Waals surface area contributed by atoms with Gasteiger partial charge >= 0.3 is 0 Å². The number of nitrogens with one attached hydrogen (secondary N) is 1. The second-order valence-electron chi connectivity index (χ2n) is 6.72. The lowest BCUT2D eigenvalue weighted by atomic mass is 10.2. The van der Waals surface area contributed by atoms with Crippen LogP contribution in [0.2, 0.25) is 5.02 Å². The summed E-state index contributed by atoms with van der Waals surface area (Å²) in [6.45, 7) is 0.223. The van der Waals surface area contributed by atoms with Crippen molar-refractivity contribution in [2.45, 2.75) is 23.8 Å². The van der Waals surface area contributed by atoms with E-state index in [-0.39, 0.29) is 22.2 Å². The maximum Gasteiger partial charge on any atom is 0.245 e. The fourth-order valence-corrected chi connectivity index (χ4v) is 5.55. The number of sulfonamides is 1. The van der Waals surface area contributed by atoms with Gasteiger partial charge in [-0.05, 0) is 43.2 Å². The summed E-state index contributed by atoms with van der Waals surface area (Å²) >= 11 is 5.97. The third kappa shape index (κ3) is 3.71. The molecule has 1 unspecified atom stereocenters. The van der Waals surface area contributed by atoms with Crippen molar-refractivity contribution >= 4 is 44.1 Å².